The molecule has 0 N–H and O–H groups in total. The molecule has 5 heteroatoms. The number of hydrogen-bond donors (Lipinski definition) is 0. The summed E-state index contributed by atoms with van der Waals surface area (Å²) in [6.45, 7) is 0. The Morgan fingerprint density at radius 1 is 1.15 bits per heavy atom. The standard InChI is InChI=1S/C8H3BrN2O2/c9-7-2-1-6(10-4-12)3-8(7)11-5-13/h1-3H. The summed E-state index contributed by atoms with van der Waals surface area (Å²) in [5.41, 5.74) is 0.777. The smallest absolute Gasteiger partial charge is 0.211 e. The molecule has 0 aromatic heterocycles. The molecule has 0 bridgehead atoms. The summed E-state index contributed by atoms with van der Waals surface area (Å²) in [6.07, 6.45) is 2.79. The van der Waals surface area contributed by atoms with Gasteiger partial charge in [0.25, 0.3) is 0 Å². The summed E-state index contributed by atoms with van der Waals surface area (Å²) in [6, 6.07) is 4.70. The Labute approximate surface area is 82.1 Å². The molecule has 0 aliphatic rings. The van der Waals surface area contributed by atoms with E-state index in [1.165, 1.54) is 18.2 Å². The lowest BCUT2D eigenvalue weighted by molar-refractivity contribution is 0.565. The Morgan fingerprint density at radius 3 is 2.46 bits per heavy atom. The Kier molecular flexibility index (Phi) is 3.29. The highest BCUT2D eigenvalue weighted by Gasteiger charge is 1.98. The molecule has 0 radical (unpaired) electrons. The molecule has 1 aromatic carbocycles. The van der Waals surface area contributed by atoms with E-state index in [1.54, 1.807) is 12.1 Å². The van der Waals surface area contributed by atoms with E-state index in [0.717, 1.165) is 0 Å². The number of rotatable bonds is 2. The van der Waals surface area contributed by atoms with E-state index in [9.17, 15) is 9.59 Å². The largest absolute Gasteiger partial charge is 0.240 e. The number of aliphatic imine (C=N–C) groups is 2. The molecule has 64 valence electrons. The zero-order valence-corrected chi connectivity index (χ0v) is 7.91. The van der Waals surface area contributed by atoms with Crippen LogP contribution >= 0.6 is 15.9 Å². The number of halogens is 1. The zero-order chi connectivity index (χ0) is 9.68. The van der Waals surface area contributed by atoms with E-state index in [2.05, 4.69) is 25.9 Å². The lowest BCUT2D eigenvalue weighted by atomic mass is 10.3. The molecule has 4 nitrogen and oxygen atoms in total. The third-order valence-corrected chi connectivity index (χ3v) is 1.94. The van der Waals surface area contributed by atoms with Gasteiger partial charge in [-0.3, -0.25) is 0 Å². The van der Waals surface area contributed by atoms with Crippen molar-refractivity contribution in [2.75, 3.05) is 0 Å². The maximum atomic E-state index is 9.98. The van der Waals surface area contributed by atoms with E-state index in [0.29, 0.717) is 15.8 Å². The first-order valence-corrected chi connectivity index (χ1v) is 4.02. The van der Waals surface area contributed by atoms with Crippen molar-refractivity contribution in [1.82, 2.24) is 0 Å². The van der Waals surface area contributed by atoms with Gasteiger partial charge in [0.15, 0.2) is 0 Å². The maximum Gasteiger partial charge on any atom is 0.240 e. The maximum absolute atomic E-state index is 9.98. The number of hydrogen-bond acceptors (Lipinski definition) is 4. The van der Waals surface area contributed by atoms with Crippen LogP contribution in [0.4, 0.5) is 11.4 Å². The molecule has 0 aliphatic heterocycles. The van der Waals surface area contributed by atoms with Gasteiger partial charge in [0.2, 0.25) is 12.2 Å². The minimum absolute atomic E-state index is 0.381. The zero-order valence-electron chi connectivity index (χ0n) is 6.32. The van der Waals surface area contributed by atoms with E-state index in [1.807, 2.05) is 0 Å². The highest BCUT2D eigenvalue weighted by Crippen LogP contribution is 2.29. The second-order valence-corrected chi connectivity index (χ2v) is 2.90. The van der Waals surface area contributed by atoms with Gasteiger partial charge in [-0.2, -0.15) is 9.98 Å². The normalized spacial score (nSPS) is 8.38. The van der Waals surface area contributed by atoms with Crippen molar-refractivity contribution in [2.45, 2.75) is 0 Å². The van der Waals surface area contributed by atoms with E-state index >= 15 is 0 Å². The van der Waals surface area contributed by atoms with Crippen LogP contribution in [0.3, 0.4) is 0 Å². The molecule has 0 fully saturated rings. The van der Waals surface area contributed by atoms with Crippen LogP contribution in [0.25, 0.3) is 0 Å². The highest BCUT2D eigenvalue weighted by molar-refractivity contribution is 9.10. The molecule has 0 aliphatic carbocycles. The van der Waals surface area contributed by atoms with Gasteiger partial charge in [-0.1, -0.05) is 0 Å². The van der Waals surface area contributed by atoms with E-state index in [4.69, 9.17) is 0 Å². The van der Waals surface area contributed by atoms with Gasteiger partial charge in [0.1, 0.15) is 0 Å². The minimum Gasteiger partial charge on any atom is -0.211 e. The summed E-state index contributed by atoms with van der Waals surface area (Å²) in [4.78, 5) is 26.7. The molecular formula is C8H3BrN2O2. The number of carbonyl (C=O) groups excluding carboxylic acids is 2. The van der Waals surface area contributed by atoms with Gasteiger partial charge < -0.3 is 0 Å². The first-order chi connectivity index (χ1) is 6.27. The van der Waals surface area contributed by atoms with Crippen LogP contribution in [0.15, 0.2) is 32.7 Å². The van der Waals surface area contributed by atoms with Crippen LogP contribution in [0, 0.1) is 0 Å². The van der Waals surface area contributed by atoms with Gasteiger partial charge >= 0.3 is 0 Å². The van der Waals surface area contributed by atoms with Gasteiger partial charge in [-0.25, -0.2) is 9.59 Å². The molecule has 0 atom stereocenters. The van der Waals surface area contributed by atoms with Crippen LogP contribution in [0.1, 0.15) is 0 Å². The quantitative estimate of drug-likeness (QED) is 0.587. The summed E-state index contributed by atoms with van der Waals surface area (Å²) < 4.78 is 0.640. The molecule has 1 rings (SSSR count). The fraction of sp³-hybridized carbons (Fsp3) is 0. The molecule has 0 saturated carbocycles. The van der Waals surface area contributed by atoms with Gasteiger partial charge in [0.05, 0.1) is 11.4 Å². The number of isocyanates is 2. The van der Waals surface area contributed by atoms with Crippen molar-refractivity contribution in [3.63, 3.8) is 0 Å². The van der Waals surface area contributed by atoms with Crippen molar-refractivity contribution in [3.8, 4) is 0 Å². The molecule has 0 amide bonds. The summed E-state index contributed by atoms with van der Waals surface area (Å²) >= 11 is 3.17. The predicted molar refractivity (Wildman–Crippen MR) is 49.7 cm³/mol. The van der Waals surface area contributed by atoms with Gasteiger partial charge in [0, 0.05) is 4.47 Å². The van der Waals surface area contributed by atoms with E-state index < -0.39 is 0 Å². The Balaban J connectivity index is 3.25. The fourth-order valence-electron chi connectivity index (χ4n) is 0.758. The predicted octanol–water partition coefficient (Wildman–Crippen LogP) is 2.38. The van der Waals surface area contributed by atoms with Crippen LogP contribution in [0.2, 0.25) is 0 Å². The topological polar surface area (TPSA) is 58.9 Å². The van der Waals surface area contributed by atoms with Crippen LogP contribution < -0.4 is 0 Å². The second kappa shape index (κ2) is 4.48. The molecular weight excluding hydrogens is 236 g/mol. The Bertz CT molecular complexity index is 418. The lowest BCUT2D eigenvalue weighted by Gasteiger charge is -1.95. The summed E-state index contributed by atoms with van der Waals surface area (Å²) in [5, 5.41) is 0. The van der Waals surface area contributed by atoms with Crippen molar-refractivity contribution in [1.29, 1.82) is 0 Å². The average Bonchev–Trinajstić information content (AvgIpc) is 2.12. The fourth-order valence-corrected chi connectivity index (χ4v) is 1.09. The van der Waals surface area contributed by atoms with Crippen LogP contribution in [0.5, 0.6) is 0 Å². The van der Waals surface area contributed by atoms with Crippen LogP contribution in [-0.4, -0.2) is 12.2 Å². The van der Waals surface area contributed by atoms with Gasteiger partial charge in [-0.15, -0.1) is 0 Å². The third-order valence-electron chi connectivity index (χ3n) is 1.27. The molecule has 0 saturated heterocycles. The monoisotopic (exact) mass is 238 g/mol. The number of benzene rings is 1. The minimum atomic E-state index is 0.381. The SMILES string of the molecule is O=C=Nc1ccc(Br)c(N=C=O)c1. The van der Waals surface area contributed by atoms with Crippen molar-refractivity contribution < 1.29 is 9.59 Å². The first kappa shape index (κ1) is 9.55. The van der Waals surface area contributed by atoms with E-state index in [-0.39, 0.29) is 0 Å². The van der Waals surface area contributed by atoms with Crippen molar-refractivity contribution >= 4 is 39.5 Å². The highest BCUT2D eigenvalue weighted by atomic mass is 79.9. The van der Waals surface area contributed by atoms with Gasteiger partial charge in [-0.05, 0) is 34.1 Å². The summed E-state index contributed by atoms with van der Waals surface area (Å²) in [7, 11) is 0. The lowest BCUT2D eigenvalue weighted by Crippen LogP contribution is -1.69. The molecule has 0 spiro atoms. The van der Waals surface area contributed by atoms with Crippen molar-refractivity contribution in [3.05, 3.63) is 22.7 Å². The molecule has 1 aromatic rings. The average molecular weight is 239 g/mol. The van der Waals surface area contributed by atoms with Crippen LogP contribution in [-0.2, 0) is 9.59 Å². The Hall–Kier alpha value is -1.54. The summed E-state index contributed by atoms with van der Waals surface area (Å²) in [5.74, 6) is 0. The first-order valence-electron chi connectivity index (χ1n) is 3.23. The second-order valence-electron chi connectivity index (χ2n) is 2.04. The Morgan fingerprint density at radius 2 is 1.85 bits per heavy atom. The third kappa shape index (κ3) is 2.46. The molecule has 0 heterocycles. The molecule has 13 heavy (non-hydrogen) atoms. The molecule has 0 unspecified atom stereocenters. The number of nitrogens with zero attached hydrogens (tertiary/aromatic N) is 2. The van der Waals surface area contributed by atoms with Crippen molar-refractivity contribution in [2.24, 2.45) is 9.98 Å².